The Morgan fingerprint density at radius 2 is 1.45 bits per heavy atom. The molecular formula is C20H36N4O7. The molecule has 3 amide bonds. The molecule has 5 atom stereocenters. The van der Waals surface area contributed by atoms with Gasteiger partial charge in [-0.2, -0.15) is 0 Å². The van der Waals surface area contributed by atoms with E-state index in [9.17, 15) is 29.1 Å². The van der Waals surface area contributed by atoms with Gasteiger partial charge in [-0.3, -0.25) is 19.2 Å². The maximum absolute atomic E-state index is 12.7. The molecule has 0 heterocycles. The molecule has 0 aliphatic rings. The van der Waals surface area contributed by atoms with Crippen LogP contribution >= 0.6 is 0 Å². The van der Waals surface area contributed by atoms with Gasteiger partial charge in [0.25, 0.3) is 0 Å². The molecule has 0 radical (unpaired) electrons. The Bertz CT molecular complexity index is 653. The first-order chi connectivity index (χ1) is 14.3. The molecular weight excluding hydrogens is 408 g/mol. The van der Waals surface area contributed by atoms with E-state index in [0.29, 0.717) is 6.42 Å². The van der Waals surface area contributed by atoms with Crippen LogP contribution in [0.4, 0.5) is 0 Å². The number of nitrogens with one attached hydrogen (secondary N) is 3. The number of carbonyl (C=O) groups excluding carboxylic acids is 3. The molecule has 11 nitrogen and oxygen atoms in total. The van der Waals surface area contributed by atoms with Crippen LogP contribution in [0.1, 0.15) is 60.3 Å². The van der Waals surface area contributed by atoms with Crippen molar-refractivity contribution >= 4 is 29.7 Å². The maximum atomic E-state index is 12.7. The average Bonchev–Trinajstić information content (AvgIpc) is 2.67. The molecule has 0 aromatic heterocycles. The van der Waals surface area contributed by atoms with Crippen LogP contribution < -0.4 is 21.7 Å². The summed E-state index contributed by atoms with van der Waals surface area (Å²) >= 11 is 0. The van der Waals surface area contributed by atoms with Crippen LogP contribution in [0.25, 0.3) is 0 Å². The molecule has 0 saturated carbocycles. The summed E-state index contributed by atoms with van der Waals surface area (Å²) in [5.41, 5.74) is 5.63. The third-order valence-corrected chi connectivity index (χ3v) is 4.87. The molecule has 0 aliphatic heterocycles. The second kappa shape index (κ2) is 13.6. The molecule has 11 heteroatoms. The fraction of sp³-hybridized carbons (Fsp3) is 0.750. The highest BCUT2D eigenvalue weighted by Gasteiger charge is 2.31. The lowest BCUT2D eigenvalue weighted by molar-refractivity contribution is -0.143. The summed E-state index contributed by atoms with van der Waals surface area (Å²) < 4.78 is 0. The predicted octanol–water partition coefficient (Wildman–Crippen LogP) is -0.170. The minimum absolute atomic E-state index is 0.0404. The Morgan fingerprint density at radius 3 is 1.90 bits per heavy atom. The van der Waals surface area contributed by atoms with Crippen molar-refractivity contribution in [2.45, 2.75) is 84.5 Å². The van der Waals surface area contributed by atoms with Gasteiger partial charge in [-0.1, -0.05) is 34.1 Å². The zero-order valence-electron chi connectivity index (χ0n) is 18.8. The number of hydrogen-bond donors (Lipinski definition) is 6. The molecule has 0 bridgehead atoms. The summed E-state index contributed by atoms with van der Waals surface area (Å²) in [7, 11) is 0. The fourth-order valence-corrected chi connectivity index (χ4v) is 2.73. The van der Waals surface area contributed by atoms with E-state index in [2.05, 4.69) is 16.0 Å². The van der Waals surface area contributed by atoms with Gasteiger partial charge in [0, 0.05) is 6.42 Å². The summed E-state index contributed by atoms with van der Waals surface area (Å²) in [6.45, 7) is 8.64. The first-order valence-corrected chi connectivity index (χ1v) is 10.4. The number of carboxylic acids is 2. The Kier molecular flexibility index (Phi) is 12.4. The van der Waals surface area contributed by atoms with Gasteiger partial charge in [-0.15, -0.1) is 0 Å². The standard InChI is InChI=1S/C20H36N4O7/c1-6-11(4)16(19(29)23-14(20(30)31)9-10(2)3)24-17(27)12(5)22-18(28)13(21)7-8-15(25)26/h10-14,16H,6-9,21H2,1-5H3,(H,22,28)(H,23,29)(H,24,27)(H,25,26)(H,30,31). The SMILES string of the molecule is CCC(C)C(NC(=O)C(C)NC(=O)C(N)CCC(=O)O)C(=O)NC(CC(C)C)C(=O)O. The molecule has 5 unspecified atom stereocenters. The van der Waals surface area contributed by atoms with Crippen LogP contribution in [0.2, 0.25) is 0 Å². The van der Waals surface area contributed by atoms with E-state index in [1.807, 2.05) is 20.8 Å². The summed E-state index contributed by atoms with van der Waals surface area (Å²) in [5, 5.41) is 25.4. The van der Waals surface area contributed by atoms with Gasteiger partial charge < -0.3 is 31.9 Å². The van der Waals surface area contributed by atoms with Gasteiger partial charge in [-0.25, -0.2) is 4.79 Å². The van der Waals surface area contributed by atoms with E-state index in [1.165, 1.54) is 6.92 Å². The van der Waals surface area contributed by atoms with Crippen LogP contribution in [-0.4, -0.2) is 64.0 Å². The average molecular weight is 445 g/mol. The van der Waals surface area contributed by atoms with E-state index >= 15 is 0 Å². The Labute approximate surface area is 182 Å². The molecule has 0 aliphatic carbocycles. The summed E-state index contributed by atoms with van der Waals surface area (Å²) in [6.07, 6.45) is 0.413. The van der Waals surface area contributed by atoms with Crippen molar-refractivity contribution in [2.75, 3.05) is 0 Å². The molecule has 0 aromatic carbocycles. The molecule has 0 saturated heterocycles. The highest BCUT2D eigenvalue weighted by atomic mass is 16.4. The lowest BCUT2D eigenvalue weighted by Crippen LogP contribution is -2.58. The van der Waals surface area contributed by atoms with Crippen molar-refractivity contribution in [3.8, 4) is 0 Å². The maximum Gasteiger partial charge on any atom is 0.326 e. The van der Waals surface area contributed by atoms with Gasteiger partial charge in [0.1, 0.15) is 18.1 Å². The van der Waals surface area contributed by atoms with Crippen LogP contribution in [0.3, 0.4) is 0 Å². The number of nitrogens with two attached hydrogens (primary N) is 1. The van der Waals surface area contributed by atoms with Gasteiger partial charge in [0.05, 0.1) is 6.04 Å². The lowest BCUT2D eigenvalue weighted by Gasteiger charge is -2.27. The fourth-order valence-electron chi connectivity index (χ4n) is 2.73. The predicted molar refractivity (Wildman–Crippen MR) is 113 cm³/mol. The van der Waals surface area contributed by atoms with Crippen molar-refractivity contribution in [3.05, 3.63) is 0 Å². The first-order valence-electron chi connectivity index (χ1n) is 10.4. The van der Waals surface area contributed by atoms with Crippen LogP contribution in [0, 0.1) is 11.8 Å². The van der Waals surface area contributed by atoms with Gasteiger partial charge in [0.2, 0.25) is 17.7 Å². The molecule has 0 rings (SSSR count). The molecule has 7 N–H and O–H groups in total. The summed E-state index contributed by atoms with van der Waals surface area (Å²) in [4.78, 5) is 59.3. The lowest BCUT2D eigenvalue weighted by atomic mass is 9.96. The van der Waals surface area contributed by atoms with Gasteiger partial charge >= 0.3 is 11.9 Å². The molecule has 178 valence electrons. The van der Waals surface area contributed by atoms with Gasteiger partial charge in [0.15, 0.2) is 0 Å². The third kappa shape index (κ3) is 10.8. The molecule has 0 spiro atoms. The minimum atomic E-state index is -1.16. The zero-order valence-corrected chi connectivity index (χ0v) is 18.8. The topological polar surface area (TPSA) is 188 Å². The first kappa shape index (κ1) is 28.3. The van der Waals surface area contributed by atoms with Crippen LogP contribution in [0.15, 0.2) is 0 Å². The molecule has 0 aromatic rings. The van der Waals surface area contributed by atoms with Crippen molar-refractivity contribution < 1.29 is 34.2 Å². The smallest absolute Gasteiger partial charge is 0.326 e. The number of amides is 3. The Balaban J connectivity index is 5.11. The summed E-state index contributed by atoms with van der Waals surface area (Å²) in [6, 6.07) is -4.20. The number of carboxylic acid groups (broad SMARTS) is 2. The highest BCUT2D eigenvalue weighted by molar-refractivity contribution is 5.94. The summed E-state index contributed by atoms with van der Waals surface area (Å²) in [5.74, 6) is -4.45. The minimum Gasteiger partial charge on any atom is -0.481 e. The van der Waals surface area contributed by atoms with Crippen LogP contribution in [0.5, 0.6) is 0 Å². The normalized spacial score (nSPS) is 15.8. The second-order valence-electron chi connectivity index (χ2n) is 8.17. The number of aliphatic carboxylic acids is 2. The van der Waals surface area contributed by atoms with E-state index in [-0.39, 0.29) is 31.1 Å². The Morgan fingerprint density at radius 1 is 0.871 bits per heavy atom. The van der Waals surface area contributed by atoms with Gasteiger partial charge in [-0.05, 0) is 31.6 Å². The quantitative estimate of drug-likeness (QED) is 0.213. The van der Waals surface area contributed by atoms with E-state index < -0.39 is 53.8 Å². The molecule has 0 fully saturated rings. The number of carbonyl (C=O) groups is 5. The monoisotopic (exact) mass is 444 g/mol. The second-order valence-corrected chi connectivity index (χ2v) is 8.17. The van der Waals surface area contributed by atoms with Crippen molar-refractivity contribution in [1.29, 1.82) is 0 Å². The van der Waals surface area contributed by atoms with Crippen molar-refractivity contribution in [2.24, 2.45) is 17.6 Å². The number of rotatable bonds is 14. The van der Waals surface area contributed by atoms with Crippen molar-refractivity contribution in [3.63, 3.8) is 0 Å². The van der Waals surface area contributed by atoms with E-state index in [4.69, 9.17) is 10.8 Å². The van der Waals surface area contributed by atoms with E-state index in [0.717, 1.165) is 0 Å². The highest BCUT2D eigenvalue weighted by Crippen LogP contribution is 2.11. The molecule has 31 heavy (non-hydrogen) atoms. The van der Waals surface area contributed by atoms with Crippen LogP contribution in [-0.2, 0) is 24.0 Å². The Hall–Kier alpha value is -2.69. The third-order valence-electron chi connectivity index (χ3n) is 4.87. The van der Waals surface area contributed by atoms with Crippen molar-refractivity contribution in [1.82, 2.24) is 16.0 Å². The largest absolute Gasteiger partial charge is 0.481 e. The zero-order chi connectivity index (χ0) is 24.3. The number of hydrogen-bond acceptors (Lipinski definition) is 6. The van der Waals surface area contributed by atoms with E-state index in [1.54, 1.807) is 6.92 Å².